The van der Waals surface area contributed by atoms with Crippen LogP contribution < -0.4 is 5.32 Å². The number of nitrogens with one attached hydrogen (secondary N) is 1. The minimum absolute atomic E-state index is 0.677. The summed E-state index contributed by atoms with van der Waals surface area (Å²) in [5, 5.41) is 3.76. The van der Waals surface area contributed by atoms with Gasteiger partial charge in [-0.15, -0.1) is 0 Å². The van der Waals surface area contributed by atoms with Gasteiger partial charge in [0, 0.05) is 25.2 Å². The highest BCUT2D eigenvalue weighted by Crippen LogP contribution is 2.18. The molecule has 1 atom stereocenters. The molecule has 0 aromatic heterocycles. The van der Waals surface area contributed by atoms with Crippen molar-refractivity contribution in [1.29, 1.82) is 0 Å². The van der Waals surface area contributed by atoms with Crippen LogP contribution in [0, 0.1) is 5.92 Å². The van der Waals surface area contributed by atoms with Crippen molar-refractivity contribution in [2.75, 3.05) is 19.6 Å². The van der Waals surface area contributed by atoms with Gasteiger partial charge < -0.3 is 5.32 Å². The van der Waals surface area contributed by atoms with Crippen LogP contribution in [0.3, 0.4) is 0 Å². The van der Waals surface area contributed by atoms with Crippen LogP contribution in [0.5, 0.6) is 0 Å². The zero-order valence-corrected chi connectivity index (χ0v) is 13.0. The van der Waals surface area contributed by atoms with E-state index in [9.17, 15) is 0 Å². The second-order valence-electron chi connectivity index (χ2n) is 6.01. The highest BCUT2D eigenvalue weighted by molar-refractivity contribution is 4.78. The molecule has 0 spiro atoms. The van der Waals surface area contributed by atoms with Crippen molar-refractivity contribution >= 4 is 0 Å². The van der Waals surface area contributed by atoms with Gasteiger partial charge in [0.15, 0.2) is 0 Å². The van der Waals surface area contributed by atoms with E-state index in [1.807, 2.05) is 0 Å². The number of nitrogens with zero attached hydrogens (tertiary/aromatic N) is 1. The van der Waals surface area contributed by atoms with Gasteiger partial charge in [0.2, 0.25) is 0 Å². The normalized spacial score (nSPS) is 19.0. The zero-order valence-electron chi connectivity index (χ0n) is 13.0. The fourth-order valence-electron chi connectivity index (χ4n) is 3.10. The number of likely N-dealkylation sites (N-methyl/N-ethyl adjacent to an activating group) is 1. The van der Waals surface area contributed by atoms with Crippen molar-refractivity contribution in [3.63, 3.8) is 0 Å². The minimum atomic E-state index is 0.677. The van der Waals surface area contributed by atoms with Crippen molar-refractivity contribution in [3.05, 3.63) is 0 Å². The Labute approximate surface area is 115 Å². The summed E-state index contributed by atoms with van der Waals surface area (Å²) < 4.78 is 0. The minimum Gasteiger partial charge on any atom is -0.312 e. The van der Waals surface area contributed by atoms with Crippen molar-refractivity contribution in [3.8, 4) is 0 Å². The Kier molecular flexibility index (Phi) is 7.92. The van der Waals surface area contributed by atoms with Gasteiger partial charge in [0.25, 0.3) is 0 Å². The van der Waals surface area contributed by atoms with E-state index in [2.05, 4.69) is 37.9 Å². The van der Waals surface area contributed by atoms with Gasteiger partial charge in [-0.05, 0) is 32.2 Å². The van der Waals surface area contributed by atoms with Crippen molar-refractivity contribution in [1.82, 2.24) is 10.2 Å². The summed E-state index contributed by atoms with van der Waals surface area (Å²) in [6.07, 6.45) is 8.27. The molecule has 0 aromatic rings. The molecule has 2 nitrogen and oxygen atoms in total. The van der Waals surface area contributed by atoms with Gasteiger partial charge in [-0.1, -0.05) is 46.5 Å². The maximum Gasteiger partial charge on any atom is 0.0192 e. The number of hydrogen-bond donors (Lipinski definition) is 1. The Balaban J connectivity index is 2.28. The van der Waals surface area contributed by atoms with Crippen LogP contribution in [0.4, 0.5) is 0 Å². The zero-order chi connectivity index (χ0) is 13.4. The first kappa shape index (κ1) is 16.0. The molecule has 0 heterocycles. The molecule has 1 saturated carbocycles. The molecule has 0 amide bonds. The molecule has 0 bridgehead atoms. The largest absolute Gasteiger partial charge is 0.312 e. The van der Waals surface area contributed by atoms with Gasteiger partial charge in [0.1, 0.15) is 0 Å². The second-order valence-corrected chi connectivity index (χ2v) is 6.01. The van der Waals surface area contributed by atoms with Crippen molar-refractivity contribution in [2.45, 2.75) is 78.3 Å². The maximum absolute atomic E-state index is 3.76. The molecule has 0 aliphatic heterocycles. The van der Waals surface area contributed by atoms with Crippen LogP contribution in [0.1, 0.15) is 66.2 Å². The summed E-state index contributed by atoms with van der Waals surface area (Å²) in [6, 6.07) is 1.48. The van der Waals surface area contributed by atoms with Gasteiger partial charge >= 0.3 is 0 Å². The van der Waals surface area contributed by atoms with Crippen LogP contribution in [0.2, 0.25) is 0 Å². The van der Waals surface area contributed by atoms with Gasteiger partial charge in [-0.25, -0.2) is 0 Å². The molecule has 1 aliphatic rings. The van der Waals surface area contributed by atoms with E-state index in [4.69, 9.17) is 0 Å². The number of rotatable bonds is 9. The highest BCUT2D eigenvalue weighted by atomic mass is 15.2. The first-order chi connectivity index (χ1) is 8.71. The van der Waals surface area contributed by atoms with E-state index in [0.717, 1.165) is 12.0 Å². The predicted molar refractivity (Wildman–Crippen MR) is 81.0 cm³/mol. The third-order valence-electron chi connectivity index (χ3n) is 4.73. The molecule has 108 valence electrons. The molecule has 1 rings (SSSR count). The molecular weight excluding hydrogens is 220 g/mol. The first-order valence-corrected chi connectivity index (χ1v) is 8.18. The molecule has 1 aliphatic carbocycles. The molecule has 0 saturated heterocycles. The average Bonchev–Trinajstić information content (AvgIpc) is 2.90. The summed E-state index contributed by atoms with van der Waals surface area (Å²) >= 11 is 0. The van der Waals surface area contributed by atoms with E-state index in [0.29, 0.717) is 6.04 Å². The second kappa shape index (κ2) is 8.92. The third kappa shape index (κ3) is 5.27. The van der Waals surface area contributed by atoms with Gasteiger partial charge in [-0.3, -0.25) is 4.90 Å². The fourth-order valence-corrected chi connectivity index (χ4v) is 3.10. The molecule has 1 N–H and O–H groups in total. The SMILES string of the molecule is CCC(CC)CN(CC)C(C)CNC1CCCC1. The van der Waals surface area contributed by atoms with E-state index in [1.165, 1.54) is 58.2 Å². The predicted octanol–water partition coefficient (Wildman–Crippen LogP) is 3.67. The number of hydrogen-bond acceptors (Lipinski definition) is 2. The third-order valence-corrected chi connectivity index (χ3v) is 4.73. The molecular formula is C16H34N2. The molecule has 1 unspecified atom stereocenters. The fraction of sp³-hybridized carbons (Fsp3) is 1.00. The highest BCUT2D eigenvalue weighted by Gasteiger charge is 2.19. The summed E-state index contributed by atoms with van der Waals surface area (Å²) in [5.41, 5.74) is 0. The van der Waals surface area contributed by atoms with Crippen LogP contribution in [-0.4, -0.2) is 36.6 Å². The Morgan fingerprint density at radius 2 is 1.72 bits per heavy atom. The van der Waals surface area contributed by atoms with Crippen LogP contribution >= 0.6 is 0 Å². The standard InChI is InChI=1S/C16H34N2/c1-5-15(6-2)13-18(7-3)14(4)12-17-16-10-8-9-11-16/h14-17H,5-13H2,1-4H3. The first-order valence-electron chi connectivity index (χ1n) is 8.18. The molecule has 0 aromatic carbocycles. The Hall–Kier alpha value is -0.0800. The average molecular weight is 254 g/mol. The molecule has 2 heteroatoms. The lowest BCUT2D eigenvalue weighted by molar-refractivity contribution is 0.174. The van der Waals surface area contributed by atoms with Crippen LogP contribution in [0.15, 0.2) is 0 Å². The van der Waals surface area contributed by atoms with E-state index in [-0.39, 0.29) is 0 Å². The lowest BCUT2D eigenvalue weighted by Crippen LogP contribution is -2.44. The van der Waals surface area contributed by atoms with E-state index in [1.54, 1.807) is 0 Å². The lowest BCUT2D eigenvalue weighted by atomic mass is 10.0. The Morgan fingerprint density at radius 1 is 1.11 bits per heavy atom. The smallest absolute Gasteiger partial charge is 0.0192 e. The summed E-state index contributed by atoms with van der Waals surface area (Å²) in [6.45, 7) is 13.0. The van der Waals surface area contributed by atoms with E-state index < -0.39 is 0 Å². The van der Waals surface area contributed by atoms with Crippen molar-refractivity contribution < 1.29 is 0 Å². The topological polar surface area (TPSA) is 15.3 Å². The summed E-state index contributed by atoms with van der Waals surface area (Å²) in [4.78, 5) is 2.65. The molecule has 0 radical (unpaired) electrons. The van der Waals surface area contributed by atoms with Gasteiger partial charge in [-0.2, -0.15) is 0 Å². The Bertz CT molecular complexity index is 195. The summed E-state index contributed by atoms with van der Waals surface area (Å²) in [5.74, 6) is 0.874. The van der Waals surface area contributed by atoms with Crippen LogP contribution in [-0.2, 0) is 0 Å². The maximum atomic E-state index is 3.76. The van der Waals surface area contributed by atoms with E-state index >= 15 is 0 Å². The van der Waals surface area contributed by atoms with Crippen LogP contribution in [0.25, 0.3) is 0 Å². The Morgan fingerprint density at radius 3 is 2.22 bits per heavy atom. The summed E-state index contributed by atoms with van der Waals surface area (Å²) in [7, 11) is 0. The molecule has 1 fully saturated rings. The molecule has 18 heavy (non-hydrogen) atoms. The quantitative estimate of drug-likeness (QED) is 0.675. The monoisotopic (exact) mass is 254 g/mol. The van der Waals surface area contributed by atoms with Crippen molar-refractivity contribution in [2.24, 2.45) is 5.92 Å². The lowest BCUT2D eigenvalue weighted by Gasteiger charge is -2.32. The van der Waals surface area contributed by atoms with Gasteiger partial charge in [0.05, 0.1) is 0 Å².